The summed E-state index contributed by atoms with van der Waals surface area (Å²) in [5.74, 6) is 2.23. The molecular weight excluding hydrogens is 1130 g/mol. The molecule has 2 saturated carbocycles. The predicted octanol–water partition coefficient (Wildman–Crippen LogP) is 19.5. The molecule has 58 heavy (non-hydrogen) atoms. The zero-order valence-corrected chi connectivity index (χ0v) is 58.5. The molecule has 2 fully saturated rings. The van der Waals surface area contributed by atoms with Gasteiger partial charge in [-0.15, -0.1) is 0 Å². The Kier molecular flexibility index (Phi) is 52.2. The Hall–Kier alpha value is 2.00. The van der Waals surface area contributed by atoms with E-state index in [0.29, 0.717) is 0 Å². The largest absolute Gasteiger partial charge is 4.00 e. The predicted molar refractivity (Wildman–Crippen MR) is 296 cm³/mol. The zero-order valence-electron chi connectivity index (χ0n) is 45.4. The maximum absolute atomic E-state index is 2.50. The van der Waals surface area contributed by atoms with Gasteiger partial charge in [0.1, 0.15) is 0 Å². The van der Waals surface area contributed by atoms with Crippen LogP contribution in [0.25, 0.3) is 0 Å². The van der Waals surface area contributed by atoms with Gasteiger partial charge in [-0.1, -0.05) is 227 Å². The first-order valence-corrected chi connectivity index (χ1v) is 42.1. The second-order valence-corrected chi connectivity index (χ2v) is 55.4. The molecule has 0 heterocycles. The fourth-order valence-corrected chi connectivity index (χ4v) is 17.9. The van der Waals surface area contributed by atoms with E-state index in [-0.39, 0.29) is 111 Å². The van der Waals surface area contributed by atoms with Crippen molar-refractivity contribution in [1.29, 1.82) is 0 Å². The van der Waals surface area contributed by atoms with Crippen molar-refractivity contribution in [3.63, 3.8) is 0 Å². The fraction of sp³-hybridized carbons (Fsp3) is 0.680. The average Bonchev–Trinajstić information content (AvgIpc) is 3.64. The molecular formula is C50H112Hf2Si6. The van der Waals surface area contributed by atoms with E-state index < -0.39 is 48.4 Å². The second-order valence-electron chi connectivity index (χ2n) is 23.2. The van der Waals surface area contributed by atoms with Crippen molar-refractivity contribution in [2.45, 2.75) is 206 Å². The fourth-order valence-electron chi connectivity index (χ4n) is 7.90. The molecule has 0 saturated heterocycles. The summed E-state index contributed by atoms with van der Waals surface area (Å²) < 4.78 is 0. The monoisotopic (exact) mass is 1240 g/mol. The summed E-state index contributed by atoms with van der Waals surface area (Å²) in [6, 6.07) is 5.90. The van der Waals surface area contributed by atoms with Crippen LogP contribution in [0.3, 0.4) is 0 Å². The number of hydrogen-bond acceptors (Lipinski definition) is 0. The molecule has 0 spiro atoms. The molecule has 4 aliphatic carbocycles. The third-order valence-electron chi connectivity index (χ3n) is 10.1. The van der Waals surface area contributed by atoms with Gasteiger partial charge in [-0.05, 0) is 36.8 Å². The summed E-state index contributed by atoms with van der Waals surface area (Å²) in [6.07, 6.45) is 24.5. The Morgan fingerprint density at radius 1 is 0.431 bits per heavy atom. The Bertz CT molecular complexity index is 1060. The number of rotatable bonds is 10. The molecule has 0 aliphatic heterocycles. The van der Waals surface area contributed by atoms with E-state index in [0.717, 1.165) is 11.8 Å². The van der Waals surface area contributed by atoms with Gasteiger partial charge in [0.2, 0.25) is 0 Å². The molecule has 0 unspecified atom stereocenters. The van der Waals surface area contributed by atoms with Crippen LogP contribution in [0, 0.1) is 71.2 Å². The normalized spacial score (nSPS) is 16.3. The van der Waals surface area contributed by atoms with Crippen LogP contribution in [0.2, 0.25) is 142 Å². The maximum Gasteiger partial charge on any atom is 4.00 e. The van der Waals surface area contributed by atoms with Crippen molar-refractivity contribution in [3.05, 3.63) is 105 Å². The summed E-state index contributed by atoms with van der Waals surface area (Å²) in [5, 5.41) is 3.48. The molecule has 4 aliphatic rings. The minimum atomic E-state index is -1.02. The second kappa shape index (κ2) is 36.2. The summed E-state index contributed by atoms with van der Waals surface area (Å²) in [7, 11) is -5.28. The molecule has 0 radical (unpaired) electrons. The van der Waals surface area contributed by atoms with Gasteiger partial charge in [0, 0.05) is 32.3 Å². The van der Waals surface area contributed by atoms with Crippen molar-refractivity contribution in [1.82, 2.24) is 0 Å². The van der Waals surface area contributed by atoms with Crippen molar-refractivity contribution in [2.75, 3.05) is 0 Å². The summed E-state index contributed by atoms with van der Waals surface area (Å²) in [6.45, 7) is 44.4. The van der Waals surface area contributed by atoms with Crippen LogP contribution in [0.1, 0.15) is 64.2 Å². The minimum Gasteiger partial charge on any atom is -0.358 e. The molecule has 344 valence electrons. The van der Waals surface area contributed by atoms with Gasteiger partial charge in [0.05, 0.1) is 16.1 Å². The Labute approximate surface area is 419 Å². The Balaban J connectivity index is -0.0000000632. The number of hydrogen-bond donors (Lipinski definition) is 0. The first-order valence-electron chi connectivity index (χ1n) is 20.3. The van der Waals surface area contributed by atoms with Gasteiger partial charge in [0.15, 0.2) is 0 Å². The molecule has 0 N–H and O–H groups in total. The topological polar surface area (TPSA) is 0 Å². The van der Waals surface area contributed by atoms with Crippen molar-refractivity contribution >= 4 is 48.4 Å². The molecule has 0 bridgehead atoms. The van der Waals surface area contributed by atoms with Crippen LogP contribution < -0.4 is 0 Å². The zero-order chi connectivity index (χ0) is 37.2. The van der Waals surface area contributed by atoms with Crippen LogP contribution in [-0.2, 0) is 51.7 Å². The SMILES string of the molecule is C[Si](C)(C)CC1=CC=C([Si](C)(C)C)C1.C[Si](C)(C)CC1=CCC([Si](C)(C)C)=C1.C[Si](C)(C)CC1CCCC1.C[Si](C)(C)CC1CCCC1.[CH3-].[CH3-].[CH3-].[CH3-].[CH3-].[CH3-].[CH3-].[CH3-].[Hf+4].[Hf+4]. The van der Waals surface area contributed by atoms with Crippen LogP contribution >= 0.6 is 0 Å². The summed E-state index contributed by atoms with van der Waals surface area (Å²) in [4.78, 5) is 0. The van der Waals surface area contributed by atoms with Gasteiger partial charge in [-0.3, -0.25) is 0 Å². The molecule has 0 aromatic heterocycles. The van der Waals surface area contributed by atoms with Crippen LogP contribution in [-0.4, -0.2) is 48.4 Å². The van der Waals surface area contributed by atoms with Crippen LogP contribution in [0.5, 0.6) is 0 Å². The summed E-state index contributed by atoms with van der Waals surface area (Å²) >= 11 is 0. The molecule has 0 aromatic rings. The van der Waals surface area contributed by atoms with E-state index in [9.17, 15) is 0 Å². The quantitative estimate of drug-likeness (QED) is 0.151. The van der Waals surface area contributed by atoms with Gasteiger partial charge in [-0.25, -0.2) is 0 Å². The van der Waals surface area contributed by atoms with Crippen LogP contribution in [0.4, 0.5) is 0 Å². The molecule has 0 atom stereocenters. The van der Waals surface area contributed by atoms with E-state index in [2.05, 4.69) is 142 Å². The molecule has 0 aromatic carbocycles. The van der Waals surface area contributed by atoms with Gasteiger partial charge >= 0.3 is 51.7 Å². The molecule has 8 heteroatoms. The Morgan fingerprint density at radius 3 is 1.00 bits per heavy atom. The van der Waals surface area contributed by atoms with Gasteiger partial charge in [-0.2, -0.15) is 0 Å². The van der Waals surface area contributed by atoms with E-state index in [1.807, 2.05) is 0 Å². The average molecular weight is 1240 g/mol. The van der Waals surface area contributed by atoms with E-state index >= 15 is 0 Å². The van der Waals surface area contributed by atoms with E-state index in [4.69, 9.17) is 0 Å². The van der Waals surface area contributed by atoms with E-state index in [1.54, 1.807) is 33.6 Å². The first-order chi connectivity index (χ1) is 21.5. The Morgan fingerprint density at radius 2 is 0.759 bits per heavy atom. The van der Waals surface area contributed by atoms with Crippen molar-refractivity contribution in [2.24, 2.45) is 11.8 Å². The van der Waals surface area contributed by atoms with Crippen molar-refractivity contribution in [3.8, 4) is 0 Å². The summed E-state index contributed by atoms with van der Waals surface area (Å²) in [5.41, 5.74) is 3.32. The number of allylic oxidation sites excluding steroid dienone is 8. The van der Waals surface area contributed by atoms with E-state index in [1.165, 1.54) is 76.3 Å². The van der Waals surface area contributed by atoms with Gasteiger partial charge < -0.3 is 59.4 Å². The molecule has 0 nitrogen and oxygen atoms in total. The third kappa shape index (κ3) is 43.3. The van der Waals surface area contributed by atoms with Crippen molar-refractivity contribution < 1.29 is 51.7 Å². The standard InChI is InChI=1S/2C12H24Si2.2C9H20Si.8CH3.2Hf/c2*1-13(2,3)10-11-7-8-12(9-11)14(4,5)6;2*1-10(2,3)8-9-6-4-5-7-9;;;;;;;;;;/h7,9H,8,10H2,1-6H3;7-8H,9-10H2,1-6H3;2*9H,4-8H2,1-3H3;8*1H3;;/q;;;;8*-1;2*+4. The minimum absolute atomic E-state index is 0. The van der Waals surface area contributed by atoms with Crippen LogP contribution in [0.15, 0.2) is 45.8 Å². The molecule has 0 amide bonds. The van der Waals surface area contributed by atoms with Gasteiger partial charge in [0.25, 0.3) is 0 Å². The third-order valence-corrected chi connectivity index (χ3v) is 21.2. The molecule has 4 rings (SSSR count). The first kappa shape index (κ1) is 83.5. The smallest absolute Gasteiger partial charge is 0.358 e. The maximum atomic E-state index is 2.50.